The first-order valence-corrected chi connectivity index (χ1v) is 14.1. The molecule has 6 nitrogen and oxygen atoms in total. The Morgan fingerprint density at radius 1 is 0.853 bits per heavy atom. The lowest BCUT2D eigenvalue weighted by atomic mass is 9.97. The van der Waals surface area contributed by atoms with E-state index in [4.69, 9.17) is 4.43 Å². The highest BCUT2D eigenvalue weighted by molar-refractivity contribution is 6.77. The van der Waals surface area contributed by atoms with Crippen LogP contribution in [0.15, 0.2) is 48.5 Å². The maximum atomic E-state index is 12.7. The predicted molar refractivity (Wildman–Crippen MR) is 134 cm³/mol. The van der Waals surface area contributed by atoms with E-state index in [0.717, 1.165) is 10.5 Å². The summed E-state index contributed by atoms with van der Waals surface area (Å²) in [5.41, 5.74) is 3.59. The summed E-state index contributed by atoms with van der Waals surface area (Å²) in [6, 6.07) is 13.9. The largest absolute Gasteiger partial charge is 0.481 e. The maximum absolute atomic E-state index is 12.7. The van der Waals surface area contributed by atoms with Gasteiger partial charge in [0.1, 0.15) is 0 Å². The fourth-order valence-electron chi connectivity index (χ4n) is 5.47. The van der Waals surface area contributed by atoms with Crippen molar-refractivity contribution >= 4 is 26.1 Å². The van der Waals surface area contributed by atoms with Gasteiger partial charge in [-0.2, -0.15) is 0 Å². The molecule has 7 heteroatoms. The maximum Gasteiger partial charge on any atom is 0.312 e. The van der Waals surface area contributed by atoms with Crippen LogP contribution in [0.2, 0.25) is 16.6 Å². The van der Waals surface area contributed by atoms with Gasteiger partial charge >= 0.3 is 5.97 Å². The molecule has 1 aliphatic heterocycles. The molecule has 2 amide bonds. The Kier molecular flexibility index (Phi) is 7.78. The van der Waals surface area contributed by atoms with Crippen LogP contribution in [0.3, 0.4) is 0 Å². The first kappa shape index (κ1) is 25.8. The smallest absolute Gasteiger partial charge is 0.312 e. The minimum absolute atomic E-state index is 0.207. The Morgan fingerprint density at radius 2 is 1.32 bits per heavy atom. The predicted octanol–water partition coefficient (Wildman–Crippen LogP) is 5.84. The molecule has 1 N–H and O–H groups in total. The fraction of sp³-hybridized carbons (Fsp3) is 0.444. The molecule has 1 atom stereocenters. The van der Waals surface area contributed by atoms with Crippen LogP contribution >= 0.6 is 0 Å². The van der Waals surface area contributed by atoms with Gasteiger partial charge in [0.25, 0.3) is 11.8 Å². The van der Waals surface area contributed by atoms with E-state index in [1.165, 1.54) is 0 Å². The number of carboxylic acids is 1. The number of hydrogen-bond donors (Lipinski definition) is 1. The van der Waals surface area contributed by atoms with E-state index < -0.39 is 32.0 Å². The molecule has 0 bridgehead atoms. The Balaban J connectivity index is 1.76. The van der Waals surface area contributed by atoms with Gasteiger partial charge in [-0.3, -0.25) is 19.3 Å². The normalized spacial score (nSPS) is 14.9. The number of benzene rings is 2. The van der Waals surface area contributed by atoms with E-state index >= 15 is 0 Å². The van der Waals surface area contributed by atoms with Crippen LogP contribution in [0, 0.1) is 0 Å². The summed E-state index contributed by atoms with van der Waals surface area (Å²) in [5.74, 6) is -2.98. The van der Waals surface area contributed by atoms with Crippen molar-refractivity contribution in [1.82, 2.24) is 4.90 Å². The van der Waals surface area contributed by atoms with Crippen molar-refractivity contribution in [1.29, 1.82) is 0 Å². The monoisotopic (exact) mass is 481 g/mol. The summed E-state index contributed by atoms with van der Waals surface area (Å²) in [6.45, 7) is 13.7. The first-order chi connectivity index (χ1) is 16.0. The molecule has 0 saturated carbocycles. The lowest BCUT2D eigenvalue weighted by Crippen LogP contribution is -2.47. The van der Waals surface area contributed by atoms with Crippen LogP contribution in [0.4, 0.5) is 0 Å². The van der Waals surface area contributed by atoms with Crippen molar-refractivity contribution in [2.24, 2.45) is 0 Å². The lowest BCUT2D eigenvalue weighted by molar-refractivity contribution is -0.138. The molecule has 0 saturated heterocycles. The number of hydrogen-bond acceptors (Lipinski definition) is 4. The molecule has 0 spiro atoms. The lowest BCUT2D eigenvalue weighted by Gasteiger charge is -2.42. The highest BCUT2D eigenvalue weighted by Crippen LogP contribution is 2.42. The van der Waals surface area contributed by atoms with E-state index in [1.54, 1.807) is 36.4 Å². The summed E-state index contributed by atoms with van der Waals surface area (Å²) in [4.78, 5) is 38.5. The molecule has 0 aliphatic carbocycles. The molecule has 1 aliphatic rings. The van der Waals surface area contributed by atoms with Crippen LogP contribution in [0.1, 0.15) is 79.3 Å². The van der Waals surface area contributed by atoms with Crippen molar-refractivity contribution < 1.29 is 23.9 Å². The van der Waals surface area contributed by atoms with Gasteiger partial charge in [-0.15, -0.1) is 0 Å². The molecular weight excluding hydrogens is 446 g/mol. The molecular formula is C27H35NO5Si. The fourth-order valence-corrected chi connectivity index (χ4v) is 10.9. The second-order valence-corrected chi connectivity index (χ2v) is 15.5. The Morgan fingerprint density at radius 3 is 1.74 bits per heavy atom. The van der Waals surface area contributed by atoms with Gasteiger partial charge in [-0.05, 0) is 39.9 Å². The zero-order chi connectivity index (χ0) is 25.2. The summed E-state index contributed by atoms with van der Waals surface area (Å²) in [5, 5.41) is 9.87. The highest BCUT2D eigenvalue weighted by atomic mass is 28.4. The molecule has 0 aromatic heterocycles. The van der Waals surface area contributed by atoms with Crippen molar-refractivity contribution in [3.8, 4) is 0 Å². The molecule has 0 radical (unpaired) electrons. The second kappa shape index (κ2) is 10.2. The van der Waals surface area contributed by atoms with E-state index in [0.29, 0.717) is 39.9 Å². The van der Waals surface area contributed by atoms with Gasteiger partial charge in [-0.25, -0.2) is 0 Å². The molecule has 2 aromatic carbocycles. The second-order valence-electron chi connectivity index (χ2n) is 10.0. The quantitative estimate of drug-likeness (QED) is 0.340. The Labute approximate surface area is 203 Å². The molecule has 1 unspecified atom stereocenters. The van der Waals surface area contributed by atoms with Crippen LogP contribution in [-0.2, 0) is 15.8 Å². The van der Waals surface area contributed by atoms with Crippen molar-refractivity contribution in [2.45, 2.75) is 70.7 Å². The molecule has 182 valence electrons. The van der Waals surface area contributed by atoms with Gasteiger partial charge in [0.05, 0.1) is 23.7 Å². The van der Waals surface area contributed by atoms with Crippen LogP contribution in [0.25, 0.3) is 0 Å². The third-order valence-electron chi connectivity index (χ3n) is 7.12. The summed E-state index contributed by atoms with van der Waals surface area (Å²) in [7, 11) is -2.01. The molecule has 1 heterocycles. The number of fused-ring (bicyclic) bond motifs is 1. The standard InChI is InChI=1S/C27H35NO5Si/c1-17(2)34(18(3)4,19(5)6)33-16-20-11-13-21(14-12-20)24(27(31)32)15-28-25(29)22-9-7-8-10-23(22)26(28)30/h7-14,17-19,24H,15-16H2,1-6H3,(H,31,32). The Bertz CT molecular complexity index is 1000. The number of amides is 2. The SMILES string of the molecule is CC(C)[Si](OCc1ccc(C(CN2C(=O)c3ccccc3C2=O)C(=O)O)cc1)(C(C)C)C(C)C. The topological polar surface area (TPSA) is 83.9 Å². The van der Waals surface area contributed by atoms with Gasteiger partial charge in [0.15, 0.2) is 0 Å². The average Bonchev–Trinajstić information content (AvgIpc) is 3.02. The average molecular weight is 482 g/mol. The van der Waals surface area contributed by atoms with Gasteiger partial charge in [0, 0.05) is 6.54 Å². The summed E-state index contributed by atoms with van der Waals surface area (Å²) in [6.07, 6.45) is 0. The molecule has 0 fully saturated rings. The van der Waals surface area contributed by atoms with Crippen LogP contribution in [0.5, 0.6) is 0 Å². The van der Waals surface area contributed by atoms with E-state index in [2.05, 4.69) is 41.5 Å². The zero-order valence-electron chi connectivity index (χ0n) is 20.9. The molecule has 3 rings (SSSR count). The minimum atomic E-state index is -2.01. The van der Waals surface area contributed by atoms with Crippen molar-refractivity contribution in [2.75, 3.05) is 6.54 Å². The van der Waals surface area contributed by atoms with Gasteiger partial charge < -0.3 is 9.53 Å². The first-order valence-electron chi connectivity index (χ1n) is 11.9. The van der Waals surface area contributed by atoms with E-state index in [1.807, 2.05) is 12.1 Å². The summed E-state index contributed by atoms with van der Waals surface area (Å²) < 4.78 is 6.64. The van der Waals surface area contributed by atoms with Crippen LogP contribution < -0.4 is 0 Å². The van der Waals surface area contributed by atoms with E-state index in [9.17, 15) is 19.5 Å². The number of rotatable bonds is 10. The van der Waals surface area contributed by atoms with E-state index in [-0.39, 0.29) is 6.54 Å². The summed E-state index contributed by atoms with van der Waals surface area (Å²) >= 11 is 0. The van der Waals surface area contributed by atoms with Gasteiger partial charge in [-0.1, -0.05) is 77.9 Å². The number of carbonyl (C=O) groups is 3. The highest BCUT2D eigenvalue weighted by Gasteiger charge is 2.45. The van der Waals surface area contributed by atoms with Crippen LogP contribution in [-0.4, -0.2) is 42.7 Å². The Hall–Kier alpha value is -2.77. The molecule has 2 aromatic rings. The number of nitrogens with zero attached hydrogens (tertiary/aromatic N) is 1. The molecule has 34 heavy (non-hydrogen) atoms. The number of imide groups is 1. The third kappa shape index (κ3) is 4.72. The van der Waals surface area contributed by atoms with Gasteiger partial charge in [0.2, 0.25) is 8.32 Å². The minimum Gasteiger partial charge on any atom is -0.481 e. The van der Waals surface area contributed by atoms with Crippen molar-refractivity contribution in [3.63, 3.8) is 0 Å². The third-order valence-corrected chi connectivity index (χ3v) is 13.2. The zero-order valence-corrected chi connectivity index (χ0v) is 21.9. The van der Waals surface area contributed by atoms with Crippen molar-refractivity contribution in [3.05, 3.63) is 70.8 Å². The number of carbonyl (C=O) groups excluding carboxylic acids is 2. The number of aliphatic carboxylic acids is 1. The number of carboxylic acid groups (broad SMARTS) is 1.